The van der Waals surface area contributed by atoms with Crippen LogP contribution in [0, 0.1) is 0 Å². The molecule has 0 bridgehead atoms. The Morgan fingerprint density at radius 2 is 1.66 bits per heavy atom. The van der Waals surface area contributed by atoms with Crippen LogP contribution in [-0.2, 0) is 4.79 Å². The average Bonchev–Trinajstić information content (AvgIpc) is 2.76. The fraction of sp³-hybridized carbons (Fsp3) is 0.455. The summed E-state index contributed by atoms with van der Waals surface area (Å²) in [6.45, 7) is 5.53. The fourth-order valence-corrected chi connectivity index (χ4v) is 4.04. The maximum absolute atomic E-state index is 10.8. The molecule has 4 rings (SSSR count). The van der Waals surface area contributed by atoms with Crippen molar-refractivity contribution in [3.63, 3.8) is 0 Å². The molecule has 2 aliphatic rings. The zero-order chi connectivity index (χ0) is 20.1. The van der Waals surface area contributed by atoms with Crippen LogP contribution in [0.15, 0.2) is 48.7 Å². The van der Waals surface area contributed by atoms with E-state index in [1.807, 2.05) is 35.4 Å². The second-order valence-electron chi connectivity index (χ2n) is 7.64. The number of carbonyl (C=O) groups is 1. The van der Waals surface area contributed by atoms with Crippen LogP contribution in [0.3, 0.4) is 0 Å². The number of aliphatic carboxylic acids is 1. The van der Waals surface area contributed by atoms with Crippen molar-refractivity contribution in [2.24, 2.45) is 0 Å². The van der Waals surface area contributed by atoms with E-state index in [4.69, 9.17) is 9.84 Å². The number of nitrogens with zero attached hydrogens (tertiary/aromatic N) is 4. The van der Waals surface area contributed by atoms with E-state index >= 15 is 0 Å². The molecule has 0 unspecified atom stereocenters. The van der Waals surface area contributed by atoms with E-state index in [2.05, 4.69) is 33.0 Å². The molecule has 2 saturated heterocycles. The Balaban J connectivity index is 1.25. The molecular weight excluding hydrogens is 368 g/mol. The van der Waals surface area contributed by atoms with Crippen molar-refractivity contribution >= 4 is 17.5 Å². The van der Waals surface area contributed by atoms with Crippen molar-refractivity contribution in [3.05, 3.63) is 48.7 Å². The van der Waals surface area contributed by atoms with Crippen molar-refractivity contribution < 1.29 is 14.6 Å². The van der Waals surface area contributed by atoms with E-state index in [0.717, 1.165) is 63.7 Å². The molecule has 0 radical (unpaired) electrons. The normalized spacial score (nSPS) is 18.6. The van der Waals surface area contributed by atoms with Crippen LogP contribution in [-0.4, -0.2) is 72.9 Å². The van der Waals surface area contributed by atoms with Crippen molar-refractivity contribution in [3.8, 4) is 5.75 Å². The number of benzene rings is 1. The minimum Gasteiger partial charge on any atom is -0.490 e. The van der Waals surface area contributed by atoms with E-state index in [0.29, 0.717) is 0 Å². The Bertz CT molecular complexity index is 783. The predicted octanol–water partition coefficient (Wildman–Crippen LogP) is 2.34. The molecule has 1 N–H and O–H groups in total. The summed E-state index contributed by atoms with van der Waals surface area (Å²) in [6, 6.07) is 14.4. The Kier molecular flexibility index (Phi) is 6.14. The molecule has 2 aromatic rings. The van der Waals surface area contributed by atoms with Gasteiger partial charge in [-0.25, -0.2) is 4.98 Å². The van der Waals surface area contributed by atoms with Gasteiger partial charge in [0.2, 0.25) is 0 Å². The van der Waals surface area contributed by atoms with Crippen LogP contribution in [0.1, 0.15) is 12.8 Å². The molecule has 2 fully saturated rings. The van der Waals surface area contributed by atoms with Gasteiger partial charge in [-0.3, -0.25) is 9.69 Å². The van der Waals surface area contributed by atoms with E-state index in [9.17, 15) is 4.79 Å². The maximum Gasteiger partial charge on any atom is 0.317 e. The number of ether oxygens (including phenoxy) is 1. The minimum atomic E-state index is -0.763. The summed E-state index contributed by atoms with van der Waals surface area (Å²) in [7, 11) is 0. The van der Waals surface area contributed by atoms with E-state index in [1.165, 1.54) is 5.69 Å². The van der Waals surface area contributed by atoms with Crippen LogP contribution in [0.5, 0.6) is 5.75 Å². The lowest BCUT2D eigenvalue weighted by atomic mass is 10.1. The minimum absolute atomic E-state index is 0.120. The van der Waals surface area contributed by atoms with Gasteiger partial charge in [0.25, 0.3) is 0 Å². The summed E-state index contributed by atoms with van der Waals surface area (Å²) in [6.07, 6.45) is 3.73. The lowest BCUT2D eigenvalue weighted by molar-refractivity contribution is -0.138. The van der Waals surface area contributed by atoms with Crippen LogP contribution >= 0.6 is 0 Å². The fourth-order valence-electron chi connectivity index (χ4n) is 4.04. The number of hydrogen-bond acceptors (Lipinski definition) is 6. The molecule has 0 saturated carbocycles. The molecule has 154 valence electrons. The topological polar surface area (TPSA) is 69.1 Å². The summed E-state index contributed by atoms with van der Waals surface area (Å²) in [5, 5.41) is 8.89. The quantitative estimate of drug-likeness (QED) is 0.804. The van der Waals surface area contributed by atoms with Gasteiger partial charge in [-0.15, -0.1) is 0 Å². The summed E-state index contributed by atoms with van der Waals surface area (Å²) in [5.74, 6) is 1.17. The summed E-state index contributed by atoms with van der Waals surface area (Å²) < 4.78 is 6.12. The number of piperidine rings is 1. The number of carboxylic acids is 1. The number of aromatic nitrogens is 1. The van der Waals surface area contributed by atoms with Crippen molar-refractivity contribution in [1.82, 2.24) is 9.88 Å². The Morgan fingerprint density at radius 1 is 0.966 bits per heavy atom. The van der Waals surface area contributed by atoms with Gasteiger partial charge in [-0.1, -0.05) is 6.07 Å². The van der Waals surface area contributed by atoms with E-state index < -0.39 is 5.97 Å². The number of pyridine rings is 1. The predicted molar refractivity (Wildman–Crippen MR) is 113 cm³/mol. The third-order valence-corrected chi connectivity index (χ3v) is 5.65. The molecule has 7 nitrogen and oxygen atoms in total. The summed E-state index contributed by atoms with van der Waals surface area (Å²) in [5.41, 5.74) is 1.22. The SMILES string of the molecule is O=C(O)CN1CCC(Oc2ccc(N3CCN(c4ccccn4)CC3)cc2)CC1. The number of likely N-dealkylation sites (tertiary alicyclic amines) is 1. The lowest BCUT2D eigenvalue weighted by Crippen LogP contribution is -2.46. The molecule has 1 aromatic carbocycles. The van der Waals surface area contributed by atoms with Crippen molar-refractivity contribution in [2.75, 3.05) is 55.6 Å². The third kappa shape index (κ3) is 5.17. The van der Waals surface area contributed by atoms with Crippen LogP contribution in [0.25, 0.3) is 0 Å². The first-order valence-electron chi connectivity index (χ1n) is 10.3. The largest absolute Gasteiger partial charge is 0.490 e. The zero-order valence-corrected chi connectivity index (χ0v) is 16.6. The average molecular weight is 396 g/mol. The number of carboxylic acid groups (broad SMARTS) is 1. The maximum atomic E-state index is 10.8. The van der Waals surface area contributed by atoms with Gasteiger partial charge >= 0.3 is 5.97 Å². The van der Waals surface area contributed by atoms with E-state index in [-0.39, 0.29) is 12.6 Å². The molecule has 7 heteroatoms. The Morgan fingerprint density at radius 3 is 2.28 bits per heavy atom. The smallest absolute Gasteiger partial charge is 0.317 e. The molecule has 0 atom stereocenters. The number of rotatable bonds is 6. The van der Waals surface area contributed by atoms with Gasteiger partial charge in [0.15, 0.2) is 0 Å². The van der Waals surface area contributed by atoms with Gasteiger partial charge in [0.1, 0.15) is 17.7 Å². The van der Waals surface area contributed by atoms with E-state index in [1.54, 1.807) is 0 Å². The molecular formula is C22H28N4O3. The summed E-state index contributed by atoms with van der Waals surface area (Å²) >= 11 is 0. The van der Waals surface area contributed by atoms with Crippen LogP contribution < -0.4 is 14.5 Å². The van der Waals surface area contributed by atoms with Crippen LogP contribution in [0.4, 0.5) is 11.5 Å². The number of anilines is 2. The van der Waals surface area contributed by atoms with Gasteiger partial charge in [-0.05, 0) is 49.2 Å². The standard InChI is InChI=1S/C22H28N4O3/c27-22(28)17-24-11-8-20(9-12-24)29-19-6-4-18(5-7-19)25-13-15-26(16-14-25)21-3-1-2-10-23-21/h1-7,10,20H,8-9,11-17H2,(H,27,28). The molecule has 1 aromatic heterocycles. The lowest BCUT2D eigenvalue weighted by Gasteiger charge is -2.36. The molecule has 0 spiro atoms. The van der Waals surface area contributed by atoms with Crippen molar-refractivity contribution in [2.45, 2.75) is 18.9 Å². The van der Waals surface area contributed by atoms with Gasteiger partial charge in [0, 0.05) is 51.2 Å². The van der Waals surface area contributed by atoms with Gasteiger partial charge in [0.05, 0.1) is 6.54 Å². The van der Waals surface area contributed by atoms with Crippen molar-refractivity contribution in [1.29, 1.82) is 0 Å². The monoisotopic (exact) mass is 396 g/mol. The second-order valence-corrected chi connectivity index (χ2v) is 7.64. The zero-order valence-electron chi connectivity index (χ0n) is 16.6. The Labute approximate surface area is 171 Å². The summed E-state index contributed by atoms with van der Waals surface area (Å²) in [4.78, 5) is 21.9. The highest BCUT2D eigenvalue weighted by atomic mass is 16.5. The molecule has 2 aliphatic heterocycles. The third-order valence-electron chi connectivity index (χ3n) is 5.65. The number of hydrogen-bond donors (Lipinski definition) is 1. The number of piperazine rings is 1. The van der Waals surface area contributed by atoms with Gasteiger partial charge in [-0.2, -0.15) is 0 Å². The highest BCUT2D eigenvalue weighted by Gasteiger charge is 2.22. The first kappa shape index (κ1) is 19.5. The van der Waals surface area contributed by atoms with Gasteiger partial charge < -0.3 is 19.6 Å². The Hall–Kier alpha value is -2.80. The molecule has 3 heterocycles. The molecule has 29 heavy (non-hydrogen) atoms. The second kappa shape index (κ2) is 9.13. The molecule has 0 amide bonds. The molecule has 0 aliphatic carbocycles. The highest BCUT2D eigenvalue weighted by molar-refractivity contribution is 5.69. The highest BCUT2D eigenvalue weighted by Crippen LogP contribution is 2.24. The first-order valence-corrected chi connectivity index (χ1v) is 10.3. The first-order chi connectivity index (χ1) is 14.2. The van der Waals surface area contributed by atoms with Crippen LogP contribution in [0.2, 0.25) is 0 Å².